The van der Waals surface area contributed by atoms with Crippen molar-refractivity contribution in [2.45, 2.75) is 101 Å². The lowest BCUT2D eigenvalue weighted by molar-refractivity contribution is -0.0430. The number of anilines is 1. The Kier molecular flexibility index (Phi) is 5.77. The van der Waals surface area contributed by atoms with Crippen molar-refractivity contribution in [1.82, 2.24) is 9.88 Å². The SMILES string of the molecule is O=c1[nH]cccc1C1=Nc2ccccc2N(C2CC3CCCC(C2)N3C2CC3CCCC(C3)C2)C1O. The number of rotatable bonds is 3. The molecule has 2 N–H and O–H groups in total. The first-order valence-corrected chi connectivity index (χ1v) is 14.2. The highest BCUT2D eigenvalue weighted by molar-refractivity contribution is 6.08. The number of H-pyrrole nitrogens is 1. The maximum atomic E-state index is 12.6. The zero-order valence-electron chi connectivity index (χ0n) is 21.1. The lowest BCUT2D eigenvalue weighted by atomic mass is 9.68. The predicted molar refractivity (Wildman–Crippen MR) is 143 cm³/mol. The Morgan fingerprint density at radius 3 is 2.28 bits per heavy atom. The van der Waals surface area contributed by atoms with E-state index in [4.69, 9.17) is 4.99 Å². The number of pyridine rings is 1. The van der Waals surface area contributed by atoms with E-state index in [2.05, 4.69) is 20.9 Å². The summed E-state index contributed by atoms with van der Waals surface area (Å²) in [6.07, 6.45) is 15.3. The van der Waals surface area contributed by atoms with Gasteiger partial charge in [0, 0.05) is 30.4 Å². The van der Waals surface area contributed by atoms with Gasteiger partial charge in [-0.1, -0.05) is 37.8 Å². The van der Waals surface area contributed by atoms with Crippen molar-refractivity contribution in [1.29, 1.82) is 0 Å². The Balaban J connectivity index is 1.20. The molecule has 0 amide bonds. The van der Waals surface area contributed by atoms with E-state index in [1.807, 2.05) is 18.2 Å². The number of piperidine rings is 2. The number of aliphatic imine (C=N–C) groups is 1. The standard InChI is InChI=1S/C30H38N4O2/c35-29-25(10-5-13-31-29)28-30(36)34(27-12-2-1-11-26(27)32-28)24-17-21-8-4-9-22(18-24)33(21)23-15-19-6-3-7-20(14-19)16-23/h1-2,5,10-13,19-24,30,36H,3-4,6-9,14-18H2,(H,31,35). The molecule has 5 atom stereocenters. The molecule has 1 aromatic carbocycles. The van der Waals surface area contributed by atoms with Gasteiger partial charge in [0.15, 0.2) is 6.23 Å². The molecule has 2 saturated heterocycles. The summed E-state index contributed by atoms with van der Waals surface area (Å²) in [6, 6.07) is 13.9. The molecule has 1 aromatic heterocycles. The van der Waals surface area contributed by atoms with Gasteiger partial charge in [0.25, 0.3) is 5.56 Å². The van der Waals surface area contributed by atoms with E-state index in [-0.39, 0.29) is 11.6 Å². The third-order valence-electron chi connectivity index (χ3n) is 9.93. The van der Waals surface area contributed by atoms with Gasteiger partial charge in [-0.2, -0.15) is 0 Å². The Morgan fingerprint density at radius 1 is 0.806 bits per heavy atom. The molecular formula is C30H38N4O2. The highest BCUT2D eigenvalue weighted by Gasteiger charge is 2.47. The van der Waals surface area contributed by atoms with Gasteiger partial charge >= 0.3 is 0 Å². The van der Waals surface area contributed by atoms with E-state index >= 15 is 0 Å². The summed E-state index contributed by atoms with van der Waals surface area (Å²) in [5, 5.41) is 11.7. The van der Waals surface area contributed by atoms with Crippen LogP contribution in [-0.4, -0.2) is 51.1 Å². The van der Waals surface area contributed by atoms with Crippen LogP contribution in [0.15, 0.2) is 52.4 Å². The number of aliphatic hydroxyl groups excluding tert-OH is 1. The topological polar surface area (TPSA) is 71.9 Å². The van der Waals surface area contributed by atoms with Crippen molar-refractivity contribution < 1.29 is 5.11 Å². The van der Waals surface area contributed by atoms with Crippen LogP contribution in [-0.2, 0) is 0 Å². The van der Waals surface area contributed by atoms with Gasteiger partial charge in [-0.15, -0.1) is 0 Å². The van der Waals surface area contributed by atoms with E-state index in [9.17, 15) is 9.90 Å². The van der Waals surface area contributed by atoms with E-state index in [0.29, 0.717) is 23.4 Å². The lowest BCUT2D eigenvalue weighted by Gasteiger charge is -2.57. The first-order chi connectivity index (χ1) is 17.7. The molecule has 3 aliphatic heterocycles. The minimum atomic E-state index is -0.922. The molecule has 4 fully saturated rings. The highest BCUT2D eigenvalue weighted by atomic mass is 16.3. The van der Waals surface area contributed by atoms with Crippen LogP contribution in [0, 0.1) is 11.8 Å². The Labute approximate surface area is 213 Å². The predicted octanol–water partition coefficient (Wildman–Crippen LogP) is 4.99. The molecule has 5 aliphatic rings. The largest absolute Gasteiger partial charge is 0.368 e. The Morgan fingerprint density at radius 2 is 1.53 bits per heavy atom. The number of aliphatic hydroxyl groups is 1. The third kappa shape index (κ3) is 3.84. The molecule has 4 bridgehead atoms. The minimum absolute atomic E-state index is 0.204. The van der Waals surface area contributed by atoms with Crippen molar-refractivity contribution in [3.8, 4) is 0 Å². The second-order valence-corrected chi connectivity index (χ2v) is 12.0. The van der Waals surface area contributed by atoms with E-state index in [1.54, 1.807) is 18.3 Å². The molecule has 190 valence electrons. The zero-order valence-corrected chi connectivity index (χ0v) is 21.1. The second kappa shape index (κ2) is 9.14. The van der Waals surface area contributed by atoms with E-state index in [1.165, 1.54) is 57.8 Å². The molecule has 2 aromatic rings. The van der Waals surface area contributed by atoms with Crippen molar-refractivity contribution in [2.75, 3.05) is 4.90 Å². The maximum absolute atomic E-state index is 12.6. The minimum Gasteiger partial charge on any atom is -0.368 e. The van der Waals surface area contributed by atoms with Gasteiger partial charge in [0.1, 0.15) is 5.71 Å². The average molecular weight is 487 g/mol. The molecule has 36 heavy (non-hydrogen) atoms. The van der Waals surface area contributed by atoms with Crippen LogP contribution in [0.3, 0.4) is 0 Å². The van der Waals surface area contributed by atoms with Crippen LogP contribution in [0.2, 0.25) is 0 Å². The number of nitrogens with one attached hydrogen (secondary N) is 1. The van der Waals surface area contributed by atoms with Crippen LogP contribution >= 0.6 is 0 Å². The van der Waals surface area contributed by atoms with Crippen molar-refractivity contribution in [2.24, 2.45) is 16.8 Å². The molecule has 0 radical (unpaired) electrons. The van der Waals surface area contributed by atoms with Gasteiger partial charge in [-0.25, -0.2) is 4.99 Å². The molecular weight excluding hydrogens is 448 g/mol. The lowest BCUT2D eigenvalue weighted by Crippen LogP contribution is -2.63. The van der Waals surface area contributed by atoms with Gasteiger partial charge < -0.3 is 15.0 Å². The molecule has 2 aliphatic carbocycles. The molecule has 5 unspecified atom stereocenters. The number of nitrogens with zero attached hydrogens (tertiary/aromatic N) is 3. The monoisotopic (exact) mass is 486 g/mol. The summed E-state index contributed by atoms with van der Waals surface area (Å²) in [4.78, 5) is 25.3. The summed E-state index contributed by atoms with van der Waals surface area (Å²) in [6.45, 7) is 0. The molecule has 2 saturated carbocycles. The van der Waals surface area contributed by atoms with Gasteiger partial charge in [-0.05, 0) is 81.0 Å². The molecule has 0 spiro atoms. The van der Waals surface area contributed by atoms with Crippen LogP contribution < -0.4 is 10.5 Å². The third-order valence-corrected chi connectivity index (χ3v) is 9.93. The molecule has 6 heteroatoms. The molecule has 6 nitrogen and oxygen atoms in total. The number of benzene rings is 1. The molecule has 7 rings (SSSR count). The number of hydrogen-bond donors (Lipinski definition) is 2. The summed E-state index contributed by atoms with van der Waals surface area (Å²) in [5.74, 6) is 1.89. The fourth-order valence-corrected chi connectivity index (χ4v) is 8.60. The summed E-state index contributed by atoms with van der Waals surface area (Å²) in [5.41, 5.74) is 2.54. The van der Waals surface area contributed by atoms with Gasteiger partial charge in [0.2, 0.25) is 0 Å². The van der Waals surface area contributed by atoms with Crippen LogP contribution in [0.4, 0.5) is 11.4 Å². The van der Waals surface area contributed by atoms with Crippen molar-refractivity contribution in [3.05, 3.63) is 58.5 Å². The first-order valence-electron chi connectivity index (χ1n) is 14.2. The summed E-state index contributed by atoms with van der Waals surface area (Å²) in [7, 11) is 0. The Hall–Kier alpha value is -2.44. The summed E-state index contributed by atoms with van der Waals surface area (Å²) >= 11 is 0. The normalized spacial score (nSPS) is 36.2. The number of hydrogen-bond acceptors (Lipinski definition) is 5. The second-order valence-electron chi connectivity index (χ2n) is 12.0. The van der Waals surface area contributed by atoms with Gasteiger partial charge in [0.05, 0.1) is 16.9 Å². The first kappa shape index (κ1) is 22.7. The van der Waals surface area contributed by atoms with E-state index in [0.717, 1.165) is 42.1 Å². The van der Waals surface area contributed by atoms with Crippen LogP contribution in [0.25, 0.3) is 0 Å². The molecule has 4 heterocycles. The quantitative estimate of drug-likeness (QED) is 0.641. The van der Waals surface area contributed by atoms with E-state index < -0.39 is 6.23 Å². The smallest absolute Gasteiger partial charge is 0.257 e. The number of aromatic nitrogens is 1. The van der Waals surface area contributed by atoms with Crippen LogP contribution in [0.1, 0.15) is 76.2 Å². The van der Waals surface area contributed by atoms with Gasteiger partial charge in [-0.3, -0.25) is 9.69 Å². The highest BCUT2D eigenvalue weighted by Crippen LogP contribution is 2.47. The van der Waals surface area contributed by atoms with Crippen molar-refractivity contribution in [3.63, 3.8) is 0 Å². The zero-order chi connectivity index (χ0) is 24.2. The average Bonchev–Trinajstić information content (AvgIpc) is 2.88. The number of aromatic amines is 1. The fourth-order valence-electron chi connectivity index (χ4n) is 8.60. The fraction of sp³-hybridized carbons (Fsp3) is 0.600. The number of para-hydroxylation sites is 2. The summed E-state index contributed by atoms with van der Waals surface area (Å²) < 4.78 is 0. The Bertz CT molecular complexity index is 1180. The maximum Gasteiger partial charge on any atom is 0.257 e. The number of fused-ring (bicyclic) bond motifs is 5. The van der Waals surface area contributed by atoms with Crippen LogP contribution in [0.5, 0.6) is 0 Å². The van der Waals surface area contributed by atoms with Crippen molar-refractivity contribution >= 4 is 17.1 Å².